The van der Waals surface area contributed by atoms with E-state index in [0.717, 1.165) is 62.2 Å². The molecule has 0 atom stereocenters. The Hall–Kier alpha value is -1.29. The number of nitrogens with zero attached hydrogens (tertiary/aromatic N) is 1. The first-order valence-electron chi connectivity index (χ1n) is 19.5. The normalized spacial score (nSPS) is 10.7. The van der Waals surface area contributed by atoms with Gasteiger partial charge < -0.3 is 43.0 Å². The average molecular weight is 975 g/mol. The van der Waals surface area contributed by atoms with Gasteiger partial charge in [-0.1, -0.05) is 29.2 Å². The van der Waals surface area contributed by atoms with Crippen LogP contribution in [0.25, 0.3) is 0 Å². The molecular formula is C41H78Cl2INO12. The molecule has 0 saturated heterocycles. The van der Waals surface area contributed by atoms with Crippen LogP contribution in [0.4, 0.5) is 0 Å². The number of carbonyl (C=O) groups is 3. The minimum Gasteiger partial charge on any atom is -0.460 e. The molecule has 0 aromatic rings. The lowest BCUT2D eigenvalue weighted by Crippen LogP contribution is -2.24. The van der Waals surface area contributed by atoms with Gasteiger partial charge in [0.25, 0.3) is 0 Å². The van der Waals surface area contributed by atoms with Crippen LogP contribution in [0.5, 0.6) is 0 Å². The average Bonchev–Trinajstić information content (AvgIpc) is 3.09. The molecule has 0 bridgehead atoms. The third-order valence-corrected chi connectivity index (χ3v) is 6.48. The molecule has 57 heavy (non-hydrogen) atoms. The summed E-state index contributed by atoms with van der Waals surface area (Å²) in [6.07, 6.45) is 7.06. The molecule has 340 valence electrons. The Morgan fingerprint density at radius 3 is 1.16 bits per heavy atom. The van der Waals surface area contributed by atoms with Gasteiger partial charge >= 0.3 is 17.9 Å². The SMILES string of the molecule is C=CC(=O)OC(C)(C)C.CC#N.CC(C)(C)OC(=O)CCOCCCOCCCCl.CC(C)(C)OC(=O)CCOCCCOCCCI.OCCCOCCCCl. The van der Waals surface area contributed by atoms with E-state index in [2.05, 4.69) is 29.2 Å². The van der Waals surface area contributed by atoms with Crippen molar-refractivity contribution in [2.75, 3.05) is 88.9 Å². The fraction of sp³-hybridized carbons (Fsp3) is 0.854. The van der Waals surface area contributed by atoms with E-state index in [1.807, 2.05) is 62.3 Å². The second kappa shape index (κ2) is 47.4. The summed E-state index contributed by atoms with van der Waals surface area (Å²) in [7, 11) is 0. The van der Waals surface area contributed by atoms with Crippen molar-refractivity contribution in [3.63, 3.8) is 0 Å². The van der Waals surface area contributed by atoms with Crippen molar-refractivity contribution in [1.29, 1.82) is 5.26 Å². The van der Waals surface area contributed by atoms with E-state index in [1.165, 1.54) is 6.92 Å². The highest BCUT2D eigenvalue weighted by molar-refractivity contribution is 14.1. The van der Waals surface area contributed by atoms with E-state index in [1.54, 1.807) is 6.07 Å². The van der Waals surface area contributed by atoms with Crippen LogP contribution in [0, 0.1) is 11.3 Å². The lowest BCUT2D eigenvalue weighted by atomic mass is 10.2. The minimum atomic E-state index is -0.423. The first-order chi connectivity index (χ1) is 26.7. The van der Waals surface area contributed by atoms with E-state index >= 15 is 0 Å². The molecule has 0 fully saturated rings. The van der Waals surface area contributed by atoms with Gasteiger partial charge in [0.2, 0.25) is 0 Å². The number of rotatable bonds is 27. The van der Waals surface area contributed by atoms with E-state index in [-0.39, 0.29) is 24.5 Å². The van der Waals surface area contributed by atoms with Crippen LogP contribution in [0.1, 0.15) is 121 Å². The highest BCUT2D eigenvalue weighted by atomic mass is 127. The summed E-state index contributed by atoms with van der Waals surface area (Å²) in [5.74, 6) is 0.482. The molecule has 0 aromatic heterocycles. The van der Waals surface area contributed by atoms with Gasteiger partial charge in [-0.3, -0.25) is 9.59 Å². The maximum atomic E-state index is 11.3. The molecule has 0 spiro atoms. The molecule has 13 nitrogen and oxygen atoms in total. The van der Waals surface area contributed by atoms with Crippen LogP contribution in [-0.4, -0.2) is 129 Å². The number of ether oxygens (including phenoxy) is 8. The van der Waals surface area contributed by atoms with Gasteiger partial charge in [-0.2, -0.15) is 5.26 Å². The standard InChI is InChI=1S/C13H25ClO4.C13H25IO4.C7H12O2.C6H13ClO2.C2H3N/c2*1-13(2,3)18-12(15)6-11-17-10-5-9-16-8-4-7-14;1-5-6(8)9-7(2,3)4;7-3-1-5-9-6-2-4-8;1-2-3/h2*4-11H2,1-3H3;5H,1H2,2-4H3;8H,1-6H2;1H3. The van der Waals surface area contributed by atoms with Crippen molar-refractivity contribution >= 4 is 63.7 Å². The number of carbonyl (C=O) groups excluding carboxylic acids is 3. The maximum Gasteiger partial charge on any atom is 0.330 e. The maximum absolute atomic E-state index is 11.3. The molecule has 0 aliphatic rings. The van der Waals surface area contributed by atoms with Crippen LogP contribution in [0.15, 0.2) is 12.7 Å². The summed E-state index contributed by atoms with van der Waals surface area (Å²) >= 11 is 13.2. The van der Waals surface area contributed by atoms with Crippen LogP contribution in [0.3, 0.4) is 0 Å². The summed E-state index contributed by atoms with van der Waals surface area (Å²) in [6, 6.07) is 1.75. The number of halogens is 3. The Labute approximate surface area is 369 Å². The number of hydrogen-bond acceptors (Lipinski definition) is 13. The molecule has 0 aliphatic heterocycles. The molecule has 0 aromatic carbocycles. The molecule has 1 N–H and O–H groups in total. The third-order valence-electron chi connectivity index (χ3n) is 5.18. The van der Waals surface area contributed by atoms with E-state index in [4.69, 9.17) is 71.5 Å². The smallest absolute Gasteiger partial charge is 0.330 e. The van der Waals surface area contributed by atoms with Crippen LogP contribution >= 0.6 is 45.8 Å². The van der Waals surface area contributed by atoms with Gasteiger partial charge in [0.1, 0.15) is 16.8 Å². The second-order valence-corrected chi connectivity index (χ2v) is 16.4. The molecule has 0 aliphatic carbocycles. The summed E-state index contributed by atoms with van der Waals surface area (Å²) < 4.78 is 42.7. The largest absolute Gasteiger partial charge is 0.460 e. The number of alkyl halides is 3. The number of nitriles is 1. The number of esters is 3. The zero-order valence-corrected chi connectivity index (χ0v) is 40.5. The molecule has 0 heterocycles. The van der Waals surface area contributed by atoms with Crippen LogP contribution in [-0.2, 0) is 52.3 Å². The van der Waals surface area contributed by atoms with E-state index < -0.39 is 16.8 Å². The molecule has 0 saturated carbocycles. The Morgan fingerprint density at radius 2 is 0.895 bits per heavy atom. The van der Waals surface area contributed by atoms with Gasteiger partial charge in [0, 0.05) is 88.6 Å². The van der Waals surface area contributed by atoms with Crippen molar-refractivity contribution in [2.24, 2.45) is 0 Å². The number of aliphatic hydroxyl groups is 1. The molecule has 16 heteroatoms. The Balaban J connectivity index is -0.000000215. The molecule has 0 radical (unpaired) electrons. The first-order valence-corrected chi connectivity index (χ1v) is 22.1. The molecule has 0 unspecified atom stereocenters. The van der Waals surface area contributed by atoms with Crippen molar-refractivity contribution in [2.45, 2.75) is 137 Å². The number of hydrogen-bond donors (Lipinski definition) is 1. The van der Waals surface area contributed by atoms with Gasteiger partial charge in [-0.05, 0) is 101 Å². The van der Waals surface area contributed by atoms with Crippen molar-refractivity contribution < 1.29 is 57.4 Å². The molecule has 0 amide bonds. The van der Waals surface area contributed by atoms with Gasteiger partial charge in [0.15, 0.2) is 0 Å². The van der Waals surface area contributed by atoms with Crippen LogP contribution < -0.4 is 0 Å². The van der Waals surface area contributed by atoms with Crippen molar-refractivity contribution in [3.05, 3.63) is 12.7 Å². The van der Waals surface area contributed by atoms with Crippen molar-refractivity contribution in [3.8, 4) is 6.07 Å². The van der Waals surface area contributed by atoms with Crippen LogP contribution in [0.2, 0.25) is 0 Å². The molecular weight excluding hydrogens is 896 g/mol. The fourth-order valence-electron chi connectivity index (χ4n) is 3.11. The Kier molecular flexibility index (Phi) is 53.9. The summed E-state index contributed by atoms with van der Waals surface area (Å²) in [6.45, 7) is 27.8. The monoisotopic (exact) mass is 973 g/mol. The Bertz CT molecular complexity index is 898. The number of aliphatic hydroxyl groups excluding tert-OH is 1. The van der Waals surface area contributed by atoms with E-state index in [9.17, 15) is 14.4 Å². The summed E-state index contributed by atoms with van der Waals surface area (Å²) in [4.78, 5) is 33.2. The van der Waals surface area contributed by atoms with E-state index in [0.29, 0.717) is 77.5 Å². The van der Waals surface area contributed by atoms with Gasteiger partial charge in [-0.25, -0.2) is 4.79 Å². The fourth-order valence-corrected chi connectivity index (χ4v) is 3.64. The highest BCUT2D eigenvalue weighted by Crippen LogP contribution is 2.09. The van der Waals surface area contributed by atoms with Gasteiger partial charge in [-0.15, -0.1) is 23.2 Å². The summed E-state index contributed by atoms with van der Waals surface area (Å²) in [5.41, 5.74) is -1.23. The van der Waals surface area contributed by atoms with Gasteiger partial charge in [0.05, 0.1) is 32.1 Å². The summed E-state index contributed by atoms with van der Waals surface area (Å²) in [5, 5.41) is 15.6. The first kappa shape index (κ1) is 64.8. The minimum absolute atomic E-state index is 0.208. The van der Waals surface area contributed by atoms with Crippen molar-refractivity contribution in [1.82, 2.24) is 0 Å². The topological polar surface area (TPSA) is 169 Å². The lowest BCUT2D eigenvalue weighted by molar-refractivity contribution is -0.157. The quantitative estimate of drug-likeness (QED) is 0.0207. The second-order valence-electron chi connectivity index (χ2n) is 14.6. The third kappa shape index (κ3) is 79.6. The highest BCUT2D eigenvalue weighted by Gasteiger charge is 2.16. The Morgan fingerprint density at radius 1 is 0.596 bits per heavy atom. The zero-order valence-electron chi connectivity index (χ0n) is 36.9. The zero-order chi connectivity index (χ0) is 44.9. The lowest BCUT2D eigenvalue weighted by Gasteiger charge is -2.19. The predicted molar refractivity (Wildman–Crippen MR) is 237 cm³/mol. The predicted octanol–water partition coefficient (Wildman–Crippen LogP) is 8.80. The molecule has 0 rings (SSSR count).